The van der Waals surface area contributed by atoms with Crippen LogP contribution in [-0.4, -0.2) is 21.3 Å². The van der Waals surface area contributed by atoms with Crippen LogP contribution in [0.4, 0.5) is 0 Å². The van der Waals surface area contributed by atoms with Crippen molar-refractivity contribution < 1.29 is 3.76 Å². The Balaban J connectivity index is 3.40. The van der Waals surface area contributed by atoms with Crippen molar-refractivity contribution in [2.75, 3.05) is 6.61 Å². The van der Waals surface area contributed by atoms with Gasteiger partial charge in [0.15, 0.2) is 0 Å². The van der Waals surface area contributed by atoms with Crippen molar-refractivity contribution in [3.8, 4) is 0 Å². The van der Waals surface area contributed by atoms with E-state index >= 15 is 0 Å². The minimum atomic E-state index is -1.03. The Morgan fingerprint density at radius 2 is 1.42 bits per heavy atom. The summed E-state index contributed by atoms with van der Waals surface area (Å²) in [4.78, 5) is 0. The van der Waals surface area contributed by atoms with Crippen LogP contribution < -0.4 is 0 Å². The van der Waals surface area contributed by atoms with Gasteiger partial charge in [0.25, 0.3) is 0 Å². The van der Waals surface area contributed by atoms with Gasteiger partial charge in [-0.05, 0) is 0 Å². The fraction of sp³-hybridized carbons (Fsp3) is 1.00. The van der Waals surface area contributed by atoms with Crippen LogP contribution in [0.5, 0.6) is 0 Å². The topological polar surface area (TPSA) is 9.23 Å². The zero-order chi connectivity index (χ0) is 9.23. The van der Waals surface area contributed by atoms with Gasteiger partial charge in [-0.25, -0.2) is 0 Å². The first-order chi connectivity index (χ1) is 5.85. The Morgan fingerprint density at radius 1 is 0.917 bits per heavy atom. The molecule has 0 saturated heterocycles. The van der Waals surface area contributed by atoms with Crippen LogP contribution in [0, 0.1) is 0 Å². The predicted molar refractivity (Wildman–Crippen MR) is 56.8 cm³/mol. The fourth-order valence-corrected chi connectivity index (χ4v) is 6.35. The van der Waals surface area contributed by atoms with E-state index in [1.165, 1.54) is 36.2 Å². The minimum absolute atomic E-state index is 0.947. The van der Waals surface area contributed by atoms with Gasteiger partial charge < -0.3 is 0 Å². The zero-order valence-corrected chi connectivity index (χ0v) is 11.0. The van der Waals surface area contributed by atoms with Crippen molar-refractivity contribution in [3.63, 3.8) is 0 Å². The standard InChI is InChI=1S/C10H23GeO/c1-4-7-9-11(12-6-3)10-8-5-2/h4-10H2,1-3H3. The molecule has 0 unspecified atom stereocenters. The second-order valence-electron chi connectivity index (χ2n) is 3.18. The molecular formula is C10H23GeO. The molecule has 0 amide bonds. The van der Waals surface area contributed by atoms with E-state index in [0.29, 0.717) is 0 Å². The van der Waals surface area contributed by atoms with E-state index in [0.717, 1.165) is 6.61 Å². The summed E-state index contributed by atoms with van der Waals surface area (Å²) in [6.07, 6.45) is 5.43. The second-order valence-corrected chi connectivity index (χ2v) is 8.14. The molecule has 0 heterocycles. The molecule has 0 aromatic carbocycles. The average molecular weight is 232 g/mol. The summed E-state index contributed by atoms with van der Waals surface area (Å²) in [5, 5.41) is 2.84. The van der Waals surface area contributed by atoms with Crippen molar-refractivity contribution in [1.82, 2.24) is 0 Å². The first-order valence-electron chi connectivity index (χ1n) is 5.32. The van der Waals surface area contributed by atoms with Gasteiger partial charge >= 0.3 is 82.0 Å². The molecule has 0 aliphatic heterocycles. The number of hydrogen-bond donors (Lipinski definition) is 0. The molecule has 2 heteroatoms. The van der Waals surface area contributed by atoms with Crippen LogP contribution >= 0.6 is 0 Å². The van der Waals surface area contributed by atoms with E-state index in [9.17, 15) is 0 Å². The summed E-state index contributed by atoms with van der Waals surface area (Å²) in [5.41, 5.74) is 0. The summed E-state index contributed by atoms with van der Waals surface area (Å²) >= 11 is -1.03. The molecule has 0 bridgehead atoms. The summed E-state index contributed by atoms with van der Waals surface area (Å²) in [5.74, 6) is 0. The van der Waals surface area contributed by atoms with Crippen LogP contribution in [0.1, 0.15) is 46.5 Å². The molecule has 0 aromatic rings. The Hall–Kier alpha value is 0.503. The van der Waals surface area contributed by atoms with Gasteiger partial charge in [0.1, 0.15) is 0 Å². The monoisotopic (exact) mass is 233 g/mol. The van der Waals surface area contributed by atoms with E-state index in [1.807, 2.05) is 0 Å². The average Bonchev–Trinajstić information content (AvgIpc) is 2.10. The Kier molecular flexibility index (Phi) is 9.99. The first kappa shape index (κ1) is 12.5. The molecule has 1 radical (unpaired) electrons. The molecule has 73 valence electrons. The first-order valence-corrected chi connectivity index (χ1v) is 9.14. The van der Waals surface area contributed by atoms with Gasteiger partial charge in [0.05, 0.1) is 0 Å². The summed E-state index contributed by atoms with van der Waals surface area (Å²) in [7, 11) is 0. The van der Waals surface area contributed by atoms with Gasteiger partial charge in [-0.2, -0.15) is 0 Å². The number of unbranched alkanes of at least 4 members (excludes halogenated alkanes) is 2. The van der Waals surface area contributed by atoms with E-state index < -0.39 is 14.7 Å². The molecular weight excluding hydrogens is 209 g/mol. The Labute approximate surface area is 82.3 Å². The summed E-state index contributed by atoms with van der Waals surface area (Å²) in [6, 6.07) is 0. The van der Waals surface area contributed by atoms with Crippen molar-refractivity contribution in [1.29, 1.82) is 0 Å². The molecule has 0 rings (SSSR count). The third-order valence-corrected chi connectivity index (χ3v) is 7.25. The van der Waals surface area contributed by atoms with Crippen molar-refractivity contribution in [3.05, 3.63) is 0 Å². The summed E-state index contributed by atoms with van der Waals surface area (Å²) < 4.78 is 5.81. The molecule has 0 saturated carbocycles. The molecule has 0 aliphatic carbocycles. The third kappa shape index (κ3) is 7.17. The molecule has 0 fully saturated rings. The fourth-order valence-electron chi connectivity index (χ4n) is 1.22. The Bertz CT molecular complexity index is 77.9. The number of hydrogen-bond acceptors (Lipinski definition) is 1. The maximum atomic E-state index is 5.81. The quantitative estimate of drug-likeness (QED) is 0.580. The molecule has 0 aromatic heterocycles. The molecule has 0 N–H and O–H groups in total. The van der Waals surface area contributed by atoms with Gasteiger partial charge in [0.2, 0.25) is 0 Å². The van der Waals surface area contributed by atoms with E-state index in [1.54, 1.807) is 0 Å². The predicted octanol–water partition coefficient (Wildman–Crippen LogP) is 3.61. The van der Waals surface area contributed by atoms with Gasteiger partial charge in [-0.3, -0.25) is 0 Å². The van der Waals surface area contributed by atoms with Crippen LogP contribution in [0.15, 0.2) is 0 Å². The summed E-state index contributed by atoms with van der Waals surface area (Å²) in [6.45, 7) is 7.61. The normalized spacial score (nSPS) is 11.0. The van der Waals surface area contributed by atoms with Crippen LogP contribution in [0.25, 0.3) is 0 Å². The van der Waals surface area contributed by atoms with Crippen LogP contribution in [0.2, 0.25) is 10.5 Å². The Morgan fingerprint density at radius 3 is 1.75 bits per heavy atom. The van der Waals surface area contributed by atoms with Gasteiger partial charge in [-0.1, -0.05) is 0 Å². The molecule has 0 aliphatic rings. The van der Waals surface area contributed by atoms with Gasteiger partial charge in [0, 0.05) is 0 Å². The maximum absolute atomic E-state index is 5.81. The molecule has 1 nitrogen and oxygen atoms in total. The van der Waals surface area contributed by atoms with E-state index in [-0.39, 0.29) is 0 Å². The molecule has 0 spiro atoms. The zero-order valence-electron chi connectivity index (χ0n) is 8.86. The van der Waals surface area contributed by atoms with E-state index in [4.69, 9.17) is 3.76 Å². The molecule has 12 heavy (non-hydrogen) atoms. The second kappa shape index (κ2) is 9.59. The third-order valence-electron chi connectivity index (χ3n) is 1.97. The van der Waals surface area contributed by atoms with Crippen molar-refractivity contribution in [2.45, 2.75) is 57.0 Å². The van der Waals surface area contributed by atoms with E-state index in [2.05, 4.69) is 20.8 Å². The van der Waals surface area contributed by atoms with Crippen LogP contribution in [0.3, 0.4) is 0 Å². The number of rotatable bonds is 8. The molecule has 0 atom stereocenters. The van der Waals surface area contributed by atoms with Crippen molar-refractivity contribution >= 4 is 14.7 Å². The van der Waals surface area contributed by atoms with Gasteiger partial charge in [-0.15, -0.1) is 0 Å². The van der Waals surface area contributed by atoms with Crippen LogP contribution in [-0.2, 0) is 3.76 Å². The SMILES string of the molecule is CCC[CH2][Ge]([CH2]CCC)[O]CC. The van der Waals surface area contributed by atoms with Crippen molar-refractivity contribution in [2.24, 2.45) is 0 Å².